The van der Waals surface area contributed by atoms with Gasteiger partial charge in [-0.05, 0) is 12.8 Å². The van der Waals surface area contributed by atoms with E-state index in [9.17, 15) is 9.90 Å². The Morgan fingerprint density at radius 1 is 1.44 bits per heavy atom. The molecule has 0 radical (unpaired) electrons. The van der Waals surface area contributed by atoms with Crippen molar-refractivity contribution in [1.82, 2.24) is 20.1 Å². The van der Waals surface area contributed by atoms with Crippen molar-refractivity contribution in [3.63, 3.8) is 0 Å². The Labute approximate surface area is 92.1 Å². The van der Waals surface area contributed by atoms with Crippen molar-refractivity contribution in [3.05, 3.63) is 12.5 Å². The molecule has 1 N–H and O–H groups in total. The second kappa shape index (κ2) is 4.84. The van der Waals surface area contributed by atoms with E-state index < -0.39 is 6.09 Å². The largest absolute Gasteiger partial charge is 0.416 e. The first-order valence-electron chi connectivity index (χ1n) is 5.03. The minimum absolute atomic E-state index is 0.131. The highest BCUT2D eigenvalue weighted by atomic mass is 16.6. The molecule has 1 amide bonds. The van der Waals surface area contributed by atoms with E-state index in [1.807, 2.05) is 0 Å². The Morgan fingerprint density at radius 3 is 2.81 bits per heavy atom. The Bertz CT molecular complexity index is 351. The molecule has 7 nitrogen and oxygen atoms in total. The van der Waals surface area contributed by atoms with Gasteiger partial charge in [0.1, 0.15) is 12.5 Å². The number of aromatic nitrogens is 3. The summed E-state index contributed by atoms with van der Waals surface area (Å²) in [6, 6.07) is 0. The maximum absolute atomic E-state index is 11.6. The van der Waals surface area contributed by atoms with Gasteiger partial charge < -0.3 is 14.7 Å². The number of aliphatic hydroxyl groups is 1. The first-order chi connectivity index (χ1) is 7.75. The lowest BCUT2D eigenvalue weighted by Crippen LogP contribution is -2.41. The van der Waals surface area contributed by atoms with E-state index in [2.05, 4.69) is 15.2 Å². The Morgan fingerprint density at radius 2 is 2.19 bits per heavy atom. The molecule has 1 aliphatic rings. The zero-order chi connectivity index (χ0) is 11.4. The van der Waals surface area contributed by atoms with Gasteiger partial charge in [-0.1, -0.05) is 0 Å². The average Bonchev–Trinajstić information content (AvgIpc) is 2.31. The van der Waals surface area contributed by atoms with E-state index in [1.54, 1.807) is 0 Å². The summed E-state index contributed by atoms with van der Waals surface area (Å²) < 4.78 is 4.98. The van der Waals surface area contributed by atoms with Gasteiger partial charge in [-0.15, -0.1) is 5.10 Å². The fourth-order valence-corrected chi connectivity index (χ4v) is 1.48. The fraction of sp³-hybridized carbons (Fsp3) is 0.556. The predicted octanol–water partition coefficient (Wildman–Crippen LogP) is -0.173. The van der Waals surface area contributed by atoms with Gasteiger partial charge >= 0.3 is 6.09 Å². The number of aliphatic hydroxyl groups excluding tert-OH is 1. The van der Waals surface area contributed by atoms with Gasteiger partial charge in [0, 0.05) is 13.1 Å². The molecule has 86 valence electrons. The molecule has 0 aliphatic carbocycles. The summed E-state index contributed by atoms with van der Waals surface area (Å²) >= 11 is 0. The van der Waals surface area contributed by atoms with Gasteiger partial charge in [0.15, 0.2) is 0 Å². The number of carbonyl (C=O) groups excluding carboxylic acids is 1. The number of ether oxygens (including phenoxy) is 1. The maximum Gasteiger partial charge on any atom is 0.416 e. The maximum atomic E-state index is 11.6. The average molecular weight is 224 g/mol. The summed E-state index contributed by atoms with van der Waals surface area (Å²) in [7, 11) is 0. The zero-order valence-corrected chi connectivity index (χ0v) is 8.61. The van der Waals surface area contributed by atoms with E-state index >= 15 is 0 Å². The third-order valence-corrected chi connectivity index (χ3v) is 2.39. The topological polar surface area (TPSA) is 88.4 Å². The normalized spacial score (nSPS) is 17.2. The van der Waals surface area contributed by atoms with Crippen molar-refractivity contribution in [3.8, 4) is 5.88 Å². The number of amides is 1. The van der Waals surface area contributed by atoms with Crippen LogP contribution in [0.1, 0.15) is 12.8 Å². The quantitative estimate of drug-likeness (QED) is 0.712. The van der Waals surface area contributed by atoms with Gasteiger partial charge in [0.05, 0.1) is 6.10 Å². The third-order valence-electron chi connectivity index (χ3n) is 2.39. The summed E-state index contributed by atoms with van der Waals surface area (Å²) in [6.07, 6.45) is 2.87. The van der Waals surface area contributed by atoms with Crippen LogP contribution in [0.4, 0.5) is 4.79 Å². The molecule has 2 rings (SSSR count). The summed E-state index contributed by atoms with van der Waals surface area (Å²) in [5.41, 5.74) is 0. The lowest BCUT2D eigenvalue weighted by molar-refractivity contribution is 0.0791. The van der Waals surface area contributed by atoms with Crippen molar-refractivity contribution >= 4 is 6.09 Å². The lowest BCUT2D eigenvalue weighted by Gasteiger charge is -2.28. The molecule has 1 aliphatic heterocycles. The van der Waals surface area contributed by atoms with Gasteiger partial charge in [-0.25, -0.2) is 4.79 Å². The third kappa shape index (κ3) is 2.63. The second-order valence-electron chi connectivity index (χ2n) is 3.53. The van der Waals surface area contributed by atoms with E-state index in [1.165, 1.54) is 17.4 Å². The number of nitrogens with zero attached hydrogens (tertiary/aromatic N) is 4. The molecular weight excluding hydrogens is 212 g/mol. The van der Waals surface area contributed by atoms with Crippen LogP contribution in [0, 0.1) is 0 Å². The number of rotatable bonds is 1. The highest BCUT2D eigenvalue weighted by Gasteiger charge is 2.22. The van der Waals surface area contributed by atoms with Crippen molar-refractivity contribution in [2.75, 3.05) is 13.1 Å². The molecule has 0 spiro atoms. The molecule has 7 heteroatoms. The molecule has 0 saturated carbocycles. The van der Waals surface area contributed by atoms with Crippen LogP contribution in [0.5, 0.6) is 5.88 Å². The molecule has 0 atom stereocenters. The first-order valence-corrected chi connectivity index (χ1v) is 5.03. The standard InChI is InChI=1S/C9H12N4O3/c14-7-1-3-13(4-2-7)9(15)16-8-5-11-12-6-10-8/h5-7,14H,1-4H2. The van der Waals surface area contributed by atoms with E-state index in [4.69, 9.17) is 4.74 Å². The van der Waals surface area contributed by atoms with Crippen molar-refractivity contribution in [2.45, 2.75) is 18.9 Å². The number of carbonyl (C=O) groups is 1. The summed E-state index contributed by atoms with van der Waals surface area (Å²) in [4.78, 5) is 16.9. The molecule has 0 unspecified atom stereocenters. The zero-order valence-electron chi connectivity index (χ0n) is 8.61. The molecule has 1 aromatic rings. The predicted molar refractivity (Wildman–Crippen MR) is 52.7 cm³/mol. The van der Waals surface area contributed by atoms with Crippen molar-refractivity contribution in [2.24, 2.45) is 0 Å². The van der Waals surface area contributed by atoms with Gasteiger partial charge in [-0.2, -0.15) is 10.1 Å². The Hall–Kier alpha value is -1.76. The van der Waals surface area contributed by atoms with Crippen LogP contribution in [0.15, 0.2) is 12.5 Å². The Kier molecular flexibility index (Phi) is 3.25. The van der Waals surface area contributed by atoms with E-state index in [0.717, 1.165) is 0 Å². The summed E-state index contributed by atoms with van der Waals surface area (Å²) in [5.74, 6) is 0.131. The molecule has 1 saturated heterocycles. The molecule has 1 fully saturated rings. The molecular formula is C9H12N4O3. The van der Waals surface area contributed by atoms with Gasteiger partial charge in [0.2, 0.25) is 5.88 Å². The first kappa shape index (κ1) is 10.7. The SMILES string of the molecule is O=C(Oc1cnncn1)N1CCC(O)CC1. The van der Waals surface area contributed by atoms with Crippen LogP contribution in [-0.4, -0.2) is 50.5 Å². The van der Waals surface area contributed by atoms with Crippen LogP contribution in [0.2, 0.25) is 0 Å². The van der Waals surface area contributed by atoms with Crippen LogP contribution in [-0.2, 0) is 0 Å². The van der Waals surface area contributed by atoms with Crippen LogP contribution in [0.3, 0.4) is 0 Å². The van der Waals surface area contributed by atoms with Crippen LogP contribution < -0.4 is 4.74 Å². The monoisotopic (exact) mass is 224 g/mol. The molecule has 0 bridgehead atoms. The minimum Gasteiger partial charge on any atom is -0.393 e. The van der Waals surface area contributed by atoms with E-state index in [-0.39, 0.29) is 12.0 Å². The molecule has 0 aromatic carbocycles. The summed E-state index contributed by atoms with van der Waals surface area (Å²) in [5, 5.41) is 16.3. The fourth-order valence-electron chi connectivity index (χ4n) is 1.48. The van der Waals surface area contributed by atoms with Crippen molar-refractivity contribution < 1.29 is 14.6 Å². The van der Waals surface area contributed by atoms with Crippen molar-refractivity contribution in [1.29, 1.82) is 0 Å². The van der Waals surface area contributed by atoms with Gasteiger partial charge in [0.25, 0.3) is 0 Å². The summed E-state index contributed by atoms with van der Waals surface area (Å²) in [6.45, 7) is 0.997. The van der Waals surface area contributed by atoms with E-state index in [0.29, 0.717) is 25.9 Å². The smallest absolute Gasteiger partial charge is 0.393 e. The number of likely N-dealkylation sites (tertiary alicyclic amines) is 1. The number of hydrogen-bond acceptors (Lipinski definition) is 6. The molecule has 1 aromatic heterocycles. The van der Waals surface area contributed by atoms with Crippen LogP contribution in [0.25, 0.3) is 0 Å². The minimum atomic E-state index is -0.465. The number of hydrogen-bond donors (Lipinski definition) is 1. The highest BCUT2D eigenvalue weighted by Crippen LogP contribution is 2.12. The highest BCUT2D eigenvalue weighted by molar-refractivity contribution is 5.70. The van der Waals surface area contributed by atoms with Gasteiger partial charge in [-0.3, -0.25) is 0 Å². The molecule has 16 heavy (non-hydrogen) atoms. The second-order valence-corrected chi connectivity index (χ2v) is 3.53. The lowest BCUT2D eigenvalue weighted by atomic mass is 10.1. The van der Waals surface area contributed by atoms with Crippen LogP contribution >= 0.6 is 0 Å². The molecule has 2 heterocycles. The number of piperidine rings is 1. The Balaban J connectivity index is 1.89.